The van der Waals surface area contributed by atoms with Crippen LogP contribution in [0.4, 0.5) is 5.69 Å². The van der Waals surface area contributed by atoms with Gasteiger partial charge in [-0.15, -0.1) is 6.42 Å². The van der Waals surface area contributed by atoms with Gasteiger partial charge in [-0.3, -0.25) is 0 Å². The van der Waals surface area contributed by atoms with E-state index >= 15 is 0 Å². The number of halogens is 1. The molecule has 0 atom stereocenters. The number of anilines is 1. The Bertz CT molecular complexity index is 407. The monoisotopic (exact) mass is 239 g/mol. The summed E-state index contributed by atoms with van der Waals surface area (Å²) in [5, 5.41) is 8.74. The molecule has 0 aliphatic carbocycles. The molecule has 0 unspecified atom stereocenters. The Balaban J connectivity index is 3.47. The van der Waals surface area contributed by atoms with Gasteiger partial charge in [0.15, 0.2) is 0 Å². The van der Waals surface area contributed by atoms with Gasteiger partial charge in [0.05, 0.1) is 11.3 Å². The maximum atomic E-state index is 10.7. The van der Waals surface area contributed by atoms with Crippen LogP contribution in [-0.2, 0) is 0 Å². The zero-order valence-electron chi connectivity index (χ0n) is 6.54. The number of nitrogens with two attached hydrogens (primary N) is 1. The Kier molecular flexibility index (Phi) is 2.59. The van der Waals surface area contributed by atoms with Gasteiger partial charge >= 0.3 is 5.97 Å². The minimum Gasteiger partial charge on any atom is -0.478 e. The van der Waals surface area contributed by atoms with Gasteiger partial charge in [-0.25, -0.2) is 4.79 Å². The Hall–Kier alpha value is -1.47. The van der Waals surface area contributed by atoms with Crippen LogP contribution >= 0.6 is 15.9 Å². The highest BCUT2D eigenvalue weighted by Crippen LogP contribution is 2.22. The van der Waals surface area contributed by atoms with Gasteiger partial charge in [-0.2, -0.15) is 0 Å². The highest BCUT2D eigenvalue weighted by Gasteiger charge is 2.11. The molecule has 66 valence electrons. The van der Waals surface area contributed by atoms with Crippen molar-refractivity contribution >= 4 is 27.6 Å². The molecule has 0 aliphatic rings. The van der Waals surface area contributed by atoms with Gasteiger partial charge in [-0.1, -0.05) is 21.9 Å². The molecule has 0 saturated heterocycles. The maximum absolute atomic E-state index is 10.7. The van der Waals surface area contributed by atoms with Crippen LogP contribution in [-0.4, -0.2) is 11.1 Å². The van der Waals surface area contributed by atoms with Crippen molar-refractivity contribution in [2.45, 2.75) is 0 Å². The quantitative estimate of drug-likeness (QED) is 0.580. The zero-order chi connectivity index (χ0) is 10.0. The molecule has 0 bridgehead atoms. The summed E-state index contributed by atoms with van der Waals surface area (Å²) >= 11 is 3.14. The Morgan fingerprint density at radius 1 is 1.62 bits per heavy atom. The van der Waals surface area contributed by atoms with E-state index < -0.39 is 5.97 Å². The third-order valence-corrected chi connectivity index (χ3v) is 1.99. The topological polar surface area (TPSA) is 63.3 Å². The zero-order valence-corrected chi connectivity index (χ0v) is 8.13. The number of carboxylic acid groups (broad SMARTS) is 1. The first-order valence-corrected chi connectivity index (χ1v) is 4.14. The number of terminal acetylenes is 1. The predicted molar refractivity (Wildman–Crippen MR) is 53.4 cm³/mol. The number of carboxylic acids is 1. The Morgan fingerprint density at radius 3 is 2.69 bits per heavy atom. The molecule has 3 nitrogen and oxygen atoms in total. The van der Waals surface area contributed by atoms with Crippen molar-refractivity contribution in [3.63, 3.8) is 0 Å². The van der Waals surface area contributed by atoms with E-state index in [1.807, 2.05) is 0 Å². The smallest absolute Gasteiger partial charge is 0.337 e. The fourth-order valence-electron chi connectivity index (χ4n) is 0.914. The van der Waals surface area contributed by atoms with Crippen LogP contribution in [0.1, 0.15) is 15.9 Å². The minimum atomic E-state index is -1.09. The molecule has 3 N–H and O–H groups in total. The Morgan fingerprint density at radius 2 is 2.23 bits per heavy atom. The number of aromatic carboxylic acids is 1. The molecule has 1 aromatic rings. The highest BCUT2D eigenvalue weighted by atomic mass is 79.9. The molecular formula is C9H6BrNO2. The van der Waals surface area contributed by atoms with Crippen LogP contribution in [0.5, 0.6) is 0 Å². The molecule has 0 fully saturated rings. The lowest BCUT2D eigenvalue weighted by Crippen LogP contribution is -2.04. The van der Waals surface area contributed by atoms with Crippen LogP contribution in [0, 0.1) is 12.3 Å². The maximum Gasteiger partial charge on any atom is 0.337 e. The molecule has 0 aromatic heterocycles. The first-order chi connectivity index (χ1) is 6.06. The average Bonchev–Trinajstić information content (AvgIpc) is 2.08. The second-order valence-corrected chi connectivity index (χ2v) is 3.28. The number of hydrogen-bond donors (Lipinski definition) is 2. The third-order valence-electron chi connectivity index (χ3n) is 1.53. The molecule has 0 saturated carbocycles. The second kappa shape index (κ2) is 3.50. The standard InChI is InChI=1S/C9H6BrNO2/c1-2-5-3-6(10)4-7(8(5)11)9(12)13/h1,3-4H,11H2,(H,12,13). The van der Waals surface area contributed by atoms with Crippen LogP contribution < -0.4 is 5.73 Å². The fraction of sp³-hybridized carbons (Fsp3) is 0. The van der Waals surface area contributed by atoms with E-state index in [0.29, 0.717) is 10.0 Å². The molecule has 0 radical (unpaired) electrons. The summed E-state index contributed by atoms with van der Waals surface area (Å²) in [6.07, 6.45) is 5.14. The van der Waals surface area contributed by atoms with Crippen molar-refractivity contribution in [3.8, 4) is 12.3 Å². The van der Waals surface area contributed by atoms with Crippen molar-refractivity contribution in [1.29, 1.82) is 0 Å². The van der Waals surface area contributed by atoms with E-state index in [1.165, 1.54) is 6.07 Å². The van der Waals surface area contributed by atoms with E-state index in [1.54, 1.807) is 6.07 Å². The fourth-order valence-corrected chi connectivity index (χ4v) is 1.37. The number of hydrogen-bond acceptors (Lipinski definition) is 2. The lowest BCUT2D eigenvalue weighted by molar-refractivity contribution is 0.0698. The van der Waals surface area contributed by atoms with E-state index in [4.69, 9.17) is 17.3 Å². The van der Waals surface area contributed by atoms with Crippen molar-refractivity contribution < 1.29 is 9.90 Å². The van der Waals surface area contributed by atoms with Crippen molar-refractivity contribution in [3.05, 3.63) is 27.7 Å². The van der Waals surface area contributed by atoms with Gasteiger partial charge in [0.2, 0.25) is 0 Å². The van der Waals surface area contributed by atoms with Crippen LogP contribution in [0.3, 0.4) is 0 Å². The average molecular weight is 240 g/mol. The summed E-state index contributed by atoms with van der Waals surface area (Å²) < 4.78 is 0.604. The number of benzene rings is 1. The molecule has 0 heterocycles. The normalized spacial score (nSPS) is 9.23. The van der Waals surface area contributed by atoms with Crippen molar-refractivity contribution in [2.75, 3.05) is 5.73 Å². The molecule has 4 heteroatoms. The van der Waals surface area contributed by atoms with Gasteiger partial charge in [0, 0.05) is 10.0 Å². The summed E-state index contributed by atoms with van der Waals surface area (Å²) in [6, 6.07) is 3.01. The van der Waals surface area contributed by atoms with Gasteiger partial charge in [0.25, 0.3) is 0 Å². The van der Waals surface area contributed by atoms with Gasteiger partial charge in [0.1, 0.15) is 0 Å². The number of carbonyl (C=O) groups is 1. The van der Waals surface area contributed by atoms with Crippen molar-refractivity contribution in [2.24, 2.45) is 0 Å². The van der Waals surface area contributed by atoms with E-state index in [0.717, 1.165) is 0 Å². The molecule has 0 aliphatic heterocycles. The summed E-state index contributed by atoms with van der Waals surface area (Å²) in [4.78, 5) is 10.7. The lowest BCUT2D eigenvalue weighted by Gasteiger charge is -2.03. The lowest BCUT2D eigenvalue weighted by atomic mass is 10.1. The van der Waals surface area contributed by atoms with Gasteiger partial charge in [-0.05, 0) is 12.1 Å². The number of rotatable bonds is 1. The summed E-state index contributed by atoms with van der Waals surface area (Å²) in [5.41, 5.74) is 6.04. The largest absolute Gasteiger partial charge is 0.478 e. The first-order valence-electron chi connectivity index (χ1n) is 3.35. The summed E-state index contributed by atoms with van der Waals surface area (Å²) in [7, 11) is 0. The first kappa shape index (κ1) is 9.62. The SMILES string of the molecule is C#Cc1cc(Br)cc(C(=O)O)c1N. The summed E-state index contributed by atoms with van der Waals surface area (Å²) in [6.45, 7) is 0. The van der Waals surface area contributed by atoms with E-state index in [2.05, 4.69) is 21.9 Å². The van der Waals surface area contributed by atoms with Crippen LogP contribution in [0.25, 0.3) is 0 Å². The number of nitrogen functional groups attached to an aromatic ring is 1. The highest BCUT2D eigenvalue weighted by molar-refractivity contribution is 9.10. The van der Waals surface area contributed by atoms with E-state index in [-0.39, 0.29) is 11.3 Å². The van der Waals surface area contributed by atoms with E-state index in [9.17, 15) is 4.79 Å². The summed E-state index contributed by atoms with van der Waals surface area (Å²) in [5.74, 6) is 1.23. The van der Waals surface area contributed by atoms with Crippen molar-refractivity contribution in [1.82, 2.24) is 0 Å². The molecule has 1 aromatic carbocycles. The second-order valence-electron chi connectivity index (χ2n) is 2.36. The van der Waals surface area contributed by atoms with Crippen LogP contribution in [0.2, 0.25) is 0 Å². The van der Waals surface area contributed by atoms with Crippen LogP contribution in [0.15, 0.2) is 16.6 Å². The molecular weight excluding hydrogens is 234 g/mol. The molecule has 0 amide bonds. The minimum absolute atomic E-state index is 0.0160. The molecule has 13 heavy (non-hydrogen) atoms. The molecule has 1 rings (SSSR count). The van der Waals surface area contributed by atoms with Gasteiger partial charge < -0.3 is 10.8 Å². The Labute approximate surface area is 83.7 Å². The third kappa shape index (κ3) is 1.82. The predicted octanol–water partition coefficient (Wildman–Crippen LogP) is 1.71. The molecule has 0 spiro atoms.